The second-order valence-corrected chi connectivity index (χ2v) is 9.80. The van der Waals surface area contributed by atoms with Gasteiger partial charge < -0.3 is 0 Å². The summed E-state index contributed by atoms with van der Waals surface area (Å²) in [5, 5.41) is 24.2. The maximum Gasteiger partial charge on any atom is 0.0998 e. The Balaban J connectivity index is 1.59. The predicted octanol–water partition coefficient (Wildman–Crippen LogP) is 9.35. The molecule has 0 aliphatic heterocycles. The summed E-state index contributed by atoms with van der Waals surface area (Å²) in [6, 6.07) is 42.2. The molecule has 0 saturated carbocycles. The van der Waals surface area contributed by atoms with Crippen molar-refractivity contribution in [2.45, 2.75) is 13.8 Å². The molecule has 178 valence electrons. The molecule has 0 saturated heterocycles. The van der Waals surface area contributed by atoms with Crippen molar-refractivity contribution in [1.82, 2.24) is 0 Å². The highest BCUT2D eigenvalue weighted by atomic mass is 14.3. The van der Waals surface area contributed by atoms with E-state index in [0.717, 1.165) is 54.9 Å². The minimum absolute atomic E-state index is 0.562. The number of hydrogen-bond donors (Lipinski definition) is 0. The molecule has 0 spiro atoms. The summed E-state index contributed by atoms with van der Waals surface area (Å²) in [5.41, 5.74) is 9.73. The average Bonchev–Trinajstić information content (AvgIpc) is 2.96. The van der Waals surface area contributed by atoms with Gasteiger partial charge in [0.25, 0.3) is 0 Å². The van der Waals surface area contributed by atoms with Crippen LogP contribution in [0.1, 0.15) is 22.3 Å². The van der Waals surface area contributed by atoms with Crippen molar-refractivity contribution < 1.29 is 0 Å². The summed E-state index contributed by atoms with van der Waals surface area (Å²) < 4.78 is 0. The Morgan fingerprint density at radius 1 is 0.421 bits per heavy atom. The lowest BCUT2D eigenvalue weighted by molar-refractivity contribution is 1.46. The van der Waals surface area contributed by atoms with Gasteiger partial charge in [0.2, 0.25) is 0 Å². The molecule has 38 heavy (non-hydrogen) atoms. The van der Waals surface area contributed by atoms with Gasteiger partial charge in [-0.15, -0.1) is 0 Å². The highest BCUT2D eigenvalue weighted by molar-refractivity contribution is 6.10. The summed E-state index contributed by atoms with van der Waals surface area (Å²) in [6.45, 7) is 4.17. The largest absolute Gasteiger partial charge is 0.192 e. The number of benzene rings is 6. The predicted molar refractivity (Wildman–Crippen MR) is 157 cm³/mol. The van der Waals surface area contributed by atoms with Crippen LogP contribution in [0.4, 0.5) is 0 Å². The Kier molecular flexibility index (Phi) is 5.72. The Bertz CT molecular complexity index is 1790. The monoisotopic (exact) mass is 484 g/mol. The van der Waals surface area contributed by atoms with Crippen LogP contribution in [-0.4, -0.2) is 0 Å². The average molecular weight is 485 g/mol. The van der Waals surface area contributed by atoms with Crippen LogP contribution in [0.15, 0.2) is 109 Å². The Labute approximate surface area is 222 Å². The zero-order valence-electron chi connectivity index (χ0n) is 21.3. The van der Waals surface area contributed by atoms with E-state index in [9.17, 15) is 10.5 Å². The zero-order chi connectivity index (χ0) is 26.2. The van der Waals surface area contributed by atoms with Gasteiger partial charge in [-0.2, -0.15) is 10.5 Å². The highest BCUT2D eigenvalue weighted by Crippen LogP contribution is 2.40. The van der Waals surface area contributed by atoms with E-state index in [-0.39, 0.29) is 0 Å². The van der Waals surface area contributed by atoms with Crippen LogP contribution >= 0.6 is 0 Å². The normalized spacial score (nSPS) is 10.8. The van der Waals surface area contributed by atoms with Gasteiger partial charge >= 0.3 is 0 Å². The molecule has 0 atom stereocenters. The number of nitriles is 2. The highest BCUT2D eigenvalue weighted by Gasteiger charge is 2.18. The first kappa shape index (κ1) is 23.2. The third kappa shape index (κ3) is 4.00. The molecule has 6 aromatic carbocycles. The van der Waals surface area contributed by atoms with E-state index in [0.29, 0.717) is 11.1 Å². The van der Waals surface area contributed by atoms with Crippen molar-refractivity contribution in [3.63, 3.8) is 0 Å². The molecule has 0 radical (unpaired) electrons. The molecule has 2 heteroatoms. The molecule has 6 aromatic rings. The van der Waals surface area contributed by atoms with Gasteiger partial charge in [0.05, 0.1) is 23.3 Å². The van der Waals surface area contributed by atoms with E-state index < -0.39 is 0 Å². The summed E-state index contributed by atoms with van der Waals surface area (Å²) >= 11 is 0. The lowest BCUT2D eigenvalue weighted by Crippen LogP contribution is -1.94. The first-order valence-electron chi connectivity index (χ1n) is 12.6. The van der Waals surface area contributed by atoms with Crippen LogP contribution in [0, 0.1) is 36.5 Å². The summed E-state index contributed by atoms with van der Waals surface area (Å²) in [6.07, 6.45) is 0. The van der Waals surface area contributed by atoms with Gasteiger partial charge in [-0.05, 0) is 81.9 Å². The third-order valence-corrected chi connectivity index (χ3v) is 7.30. The van der Waals surface area contributed by atoms with Gasteiger partial charge in [0.1, 0.15) is 0 Å². The van der Waals surface area contributed by atoms with Crippen LogP contribution in [0.3, 0.4) is 0 Å². The van der Waals surface area contributed by atoms with Crippen LogP contribution in [0.25, 0.3) is 54.9 Å². The van der Waals surface area contributed by atoms with Gasteiger partial charge in [-0.3, -0.25) is 0 Å². The second-order valence-electron chi connectivity index (χ2n) is 9.80. The van der Waals surface area contributed by atoms with Crippen LogP contribution in [-0.2, 0) is 0 Å². The van der Waals surface area contributed by atoms with E-state index in [1.165, 1.54) is 11.1 Å². The molecule has 0 aliphatic carbocycles. The summed E-state index contributed by atoms with van der Waals surface area (Å²) in [4.78, 5) is 0. The van der Waals surface area contributed by atoms with Gasteiger partial charge in [-0.25, -0.2) is 0 Å². The fourth-order valence-corrected chi connectivity index (χ4v) is 5.24. The molecule has 0 N–H and O–H groups in total. The molecule has 0 fully saturated rings. The molecule has 6 rings (SSSR count). The number of rotatable bonds is 3. The third-order valence-electron chi connectivity index (χ3n) is 7.30. The van der Waals surface area contributed by atoms with Gasteiger partial charge in [0.15, 0.2) is 0 Å². The molecular weight excluding hydrogens is 460 g/mol. The van der Waals surface area contributed by atoms with Gasteiger partial charge in [-0.1, -0.05) is 96.1 Å². The van der Waals surface area contributed by atoms with E-state index >= 15 is 0 Å². The van der Waals surface area contributed by atoms with Crippen molar-refractivity contribution in [2.75, 3.05) is 0 Å². The Morgan fingerprint density at radius 3 is 1.16 bits per heavy atom. The Hall–Kier alpha value is -5.18. The molecule has 0 aromatic heterocycles. The van der Waals surface area contributed by atoms with Crippen LogP contribution in [0.2, 0.25) is 0 Å². The molecule has 0 unspecified atom stereocenters. The maximum atomic E-state index is 10.1. The van der Waals surface area contributed by atoms with E-state index in [4.69, 9.17) is 0 Å². The van der Waals surface area contributed by atoms with Crippen molar-refractivity contribution in [3.8, 4) is 45.5 Å². The lowest BCUT2D eigenvalue weighted by Gasteiger charge is -2.16. The fraction of sp³-hybridized carbons (Fsp3) is 0.0556. The lowest BCUT2D eigenvalue weighted by atomic mass is 9.86. The molecular formula is C36H24N2. The van der Waals surface area contributed by atoms with E-state index in [1.54, 1.807) is 0 Å². The SMILES string of the molecule is Cc1ccc(-c2ccc3c(-c4c(C#N)ccc5cc(-c6ccc(C)cc6)ccc45)c(C#N)ccc3c2)cc1. The first-order valence-corrected chi connectivity index (χ1v) is 12.6. The minimum atomic E-state index is 0.562. The quantitative estimate of drug-likeness (QED) is 0.251. The number of nitrogens with zero attached hydrogens (tertiary/aromatic N) is 2. The van der Waals surface area contributed by atoms with Crippen LogP contribution in [0.5, 0.6) is 0 Å². The van der Waals surface area contributed by atoms with Crippen molar-refractivity contribution >= 4 is 21.5 Å². The minimum Gasteiger partial charge on any atom is -0.192 e. The second kappa shape index (κ2) is 9.36. The van der Waals surface area contributed by atoms with Crippen molar-refractivity contribution in [2.24, 2.45) is 0 Å². The topological polar surface area (TPSA) is 47.6 Å². The number of hydrogen-bond acceptors (Lipinski definition) is 2. The first-order chi connectivity index (χ1) is 18.6. The molecule has 0 amide bonds. The molecule has 0 heterocycles. The van der Waals surface area contributed by atoms with Crippen molar-refractivity contribution in [3.05, 3.63) is 131 Å². The van der Waals surface area contributed by atoms with E-state index in [1.807, 2.05) is 24.3 Å². The molecule has 2 nitrogen and oxygen atoms in total. The van der Waals surface area contributed by atoms with Crippen molar-refractivity contribution in [1.29, 1.82) is 10.5 Å². The van der Waals surface area contributed by atoms with E-state index in [2.05, 4.69) is 111 Å². The van der Waals surface area contributed by atoms with Gasteiger partial charge in [0, 0.05) is 11.1 Å². The fourth-order valence-electron chi connectivity index (χ4n) is 5.24. The standard InChI is InChI=1S/C36H24N2/c1-23-3-7-25(8-4-23)27-15-17-33-29(19-27)11-13-31(21-37)35(33)36-32(22-38)14-12-30-20-28(16-18-34(30)36)26-9-5-24(2)6-10-26/h3-20H,1-2H3. The maximum absolute atomic E-state index is 10.1. The zero-order valence-corrected chi connectivity index (χ0v) is 21.3. The summed E-state index contributed by atoms with van der Waals surface area (Å²) in [7, 11) is 0. The summed E-state index contributed by atoms with van der Waals surface area (Å²) in [5.74, 6) is 0. The smallest absolute Gasteiger partial charge is 0.0998 e. The molecule has 0 aliphatic rings. The molecule has 0 bridgehead atoms. The Morgan fingerprint density at radius 2 is 0.789 bits per heavy atom. The number of aryl methyl sites for hydroxylation is 2. The number of fused-ring (bicyclic) bond motifs is 2. The van der Waals surface area contributed by atoms with Crippen LogP contribution < -0.4 is 0 Å².